The highest BCUT2D eigenvalue weighted by atomic mass is 32.2. The molecule has 0 aliphatic carbocycles. The number of aliphatic hydroxyl groups is 1. The number of alkyl halides is 4. The summed E-state index contributed by atoms with van der Waals surface area (Å²) in [5, 5.41) is 10.8. The number of nitrogens with zero attached hydrogens (tertiary/aromatic N) is 1. The number of ether oxygens (including phenoxy) is 1. The normalized spacial score (nSPS) is 30.6. The van der Waals surface area contributed by atoms with Crippen LogP contribution in [0.4, 0.5) is 17.6 Å². The molecule has 0 unspecified atom stereocenters. The molecule has 0 saturated carbocycles. The number of aromatic nitrogens is 1. The summed E-state index contributed by atoms with van der Waals surface area (Å²) in [6.07, 6.45) is -5.79. The van der Waals surface area contributed by atoms with Gasteiger partial charge in [0.05, 0.1) is 22.4 Å². The number of halogens is 4. The summed E-state index contributed by atoms with van der Waals surface area (Å²) >= 11 is 0. The van der Waals surface area contributed by atoms with Crippen LogP contribution >= 0.6 is 0 Å². The number of aryl methyl sites for hydroxylation is 2. The Hall–Kier alpha value is -1.91. The molecule has 0 spiro atoms. The standard InChI is InChI=1S/C19H21F4NO4S/c1-12-6-8-14(9-7-12)29(26,27)11-15-13(2)28-18(25,16-5-4-10-24(16)3)17(15,20)19(21,22)23/h4-10,13,15,25H,11H2,1-3H3/t13-,15-,17+,18+/m0/s1. The van der Waals surface area contributed by atoms with E-state index in [9.17, 15) is 26.7 Å². The van der Waals surface area contributed by atoms with Gasteiger partial charge in [-0.25, -0.2) is 12.8 Å². The van der Waals surface area contributed by atoms with E-state index in [1.165, 1.54) is 43.6 Å². The third-order valence-electron chi connectivity index (χ3n) is 5.41. The second-order valence-corrected chi connectivity index (χ2v) is 9.42. The molecular formula is C19H21F4NO4S. The van der Waals surface area contributed by atoms with Crippen molar-refractivity contribution in [3.63, 3.8) is 0 Å². The van der Waals surface area contributed by atoms with Crippen LogP contribution in [-0.4, -0.2) is 41.8 Å². The predicted molar refractivity (Wildman–Crippen MR) is 96.5 cm³/mol. The van der Waals surface area contributed by atoms with E-state index in [4.69, 9.17) is 4.74 Å². The summed E-state index contributed by atoms with van der Waals surface area (Å²) in [5.41, 5.74) is -4.04. The molecule has 4 atom stereocenters. The highest BCUT2D eigenvalue weighted by molar-refractivity contribution is 7.91. The minimum atomic E-state index is -5.59. The van der Waals surface area contributed by atoms with Gasteiger partial charge in [0.1, 0.15) is 0 Å². The highest BCUT2D eigenvalue weighted by Crippen LogP contribution is 2.59. The van der Waals surface area contributed by atoms with Crippen molar-refractivity contribution < 1.29 is 35.8 Å². The van der Waals surface area contributed by atoms with E-state index in [1.54, 1.807) is 6.92 Å². The molecule has 2 heterocycles. The number of hydrogen-bond donors (Lipinski definition) is 1. The van der Waals surface area contributed by atoms with Crippen LogP contribution in [0.3, 0.4) is 0 Å². The maximum atomic E-state index is 15.9. The first kappa shape index (κ1) is 21.8. The monoisotopic (exact) mass is 435 g/mol. The van der Waals surface area contributed by atoms with Crippen molar-refractivity contribution in [2.45, 2.75) is 42.5 Å². The van der Waals surface area contributed by atoms with Gasteiger partial charge in [0.2, 0.25) is 0 Å². The van der Waals surface area contributed by atoms with Crippen LogP contribution in [0.25, 0.3) is 0 Å². The Kier molecular flexibility index (Phi) is 5.12. The van der Waals surface area contributed by atoms with Gasteiger partial charge >= 0.3 is 6.18 Å². The lowest BCUT2D eigenvalue weighted by atomic mass is 9.81. The van der Waals surface area contributed by atoms with Gasteiger partial charge in [-0.05, 0) is 38.1 Å². The number of sulfone groups is 1. The van der Waals surface area contributed by atoms with Crippen molar-refractivity contribution in [1.29, 1.82) is 0 Å². The topological polar surface area (TPSA) is 68.5 Å². The molecule has 1 aliphatic rings. The average Bonchev–Trinajstić information content (AvgIpc) is 3.11. The van der Waals surface area contributed by atoms with E-state index in [0.717, 1.165) is 23.1 Å². The molecule has 1 saturated heterocycles. The summed E-state index contributed by atoms with van der Waals surface area (Å²) in [7, 11) is -2.96. The van der Waals surface area contributed by atoms with E-state index in [-0.39, 0.29) is 4.90 Å². The molecule has 160 valence electrons. The minimum absolute atomic E-state index is 0.228. The van der Waals surface area contributed by atoms with E-state index in [2.05, 4.69) is 0 Å². The van der Waals surface area contributed by atoms with Crippen LogP contribution in [0.1, 0.15) is 18.2 Å². The smallest absolute Gasteiger partial charge is 0.358 e. The van der Waals surface area contributed by atoms with Crippen LogP contribution in [0.15, 0.2) is 47.5 Å². The summed E-state index contributed by atoms with van der Waals surface area (Å²) < 4.78 is 89.6. The molecule has 5 nitrogen and oxygen atoms in total. The molecule has 2 aromatic rings. The molecule has 10 heteroatoms. The van der Waals surface area contributed by atoms with Crippen LogP contribution < -0.4 is 0 Å². The van der Waals surface area contributed by atoms with Gasteiger partial charge in [-0.15, -0.1) is 0 Å². The van der Waals surface area contributed by atoms with Gasteiger partial charge in [0.25, 0.3) is 11.5 Å². The van der Waals surface area contributed by atoms with Crippen molar-refractivity contribution in [2.24, 2.45) is 13.0 Å². The van der Waals surface area contributed by atoms with Crippen molar-refractivity contribution in [3.05, 3.63) is 53.9 Å². The lowest BCUT2D eigenvalue weighted by Crippen LogP contribution is -2.60. The van der Waals surface area contributed by atoms with Crippen LogP contribution in [0, 0.1) is 12.8 Å². The predicted octanol–water partition coefficient (Wildman–Crippen LogP) is 3.26. The molecule has 0 radical (unpaired) electrons. The fourth-order valence-electron chi connectivity index (χ4n) is 3.80. The van der Waals surface area contributed by atoms with Crippen molar-refractivity contribution >= 4 is 9.84 Å². The summed E-state index contributed by atoms with van der Waals surface area (Å²) in [4.78, 5) is -0.228. The summed E-state index contributed by atoms with van der Waals surface area (Å²) in [6.45, 7) is 2.84. The largest absolute Gasteiger partial charge is 0.428 e. The minimum Gasteiger partial charge on any atom is -0.358 e. The van der Waals surface area contributed by atoms with Crippen LogP contribution in [0.5, 0.6) is 0 Å². The molecule has 1 fully saturated rings. The fraction of sp³-hybridized carbons (Fsp3) is 0.474. The number of rotatable bonds is 4. The van der Waals surface area contributed by atoms with E-state index in [1.807, 2.05) is 0 Å². The highest BCUT2D eigenvalue weighted by Gasteiger charge is 2.79. The third kappa shape index (κ3) is 3.27. The second kappa shape index (κ2) is 6.82. The van der Waals surface area contributed by atoms with Crippen molar-refractivity contribution in [1.82, 2.24) is 4.57 Å². The quantitative estimate of drug-likeness (QED) is 0.749. The molecule has 1 aromatic heterocycles. The van der Waals surface area contributed by atoms with Crippen molar-refractivity contribution in [2.75, 3.05) is 5.75 Å². The Morgan fingerprint density at radius 3 is 2.28 bits per heavy atom. The van der Waals surface area contributed by atoms with Gasteiger partial charge in [-0.1, -0.05) is 17.7 Å². The number of benzene rings is 1. The molecule has 29 heavy (non-hydrogen) atoms. The Morgan fingerprint density at radius 1 is 1.21 bits per heavy atom. The van der Waals surface area contributed by atoms with E-state index < -0.39 is 50.9 Å². The third-order valence-corrected chi connectivity index (χ3v) is 7.20. The fourth-order valence-corrected chi connectivity index (χ4v) is 5.52. The zero-order valence-electron chi connectivity index (χ0n) is 15.9. The first-order valence-corrected chi connectivity index (χ1v) is 10.5. The maximum absolute atomic E-state index is 15.9. The van der Waals surface area contributed by atoms with Crippen LogP contribution in [-0.2, 0) is 27.4 Å². The summed E-state index contributed by atoms with van der Waals surface area (Å²) in [5.74, 6) is -6.76. The first-order chi connectivity index (χ1) is 13.2. The first-order valence-electron chi connectivity index (χ1n) is 8.81. The molecule has 1 aromatic carbocycles. The Labute approximate surface area is 165 Å². The van der Waals surface area contributed by atoms with E-state index >= 15 is 4.39 Å². The van der Waals surface area contributed by atoms with Gasteiger partial charge in [-0.2, -0.15) is 13.2 Å². The van der Waals surface area contributed by atoms with Crippen LogP contribution in [0.2, 0.25) is 0 Å². The lowest BCUT2D eigenvalue weighted by molar-refractivity contribution is -0.343. The van der Waals surface area contributed by atoms with Gasteiger partial charge in [0.15, 0.2) is 9.84 Å². The Bertz CT molecular complexity index is 1000. The zero-order valence-corrected chi connectivity index (χ0v) is 16.8. The average molecular weight is 435 g/mol. The molecular weight excluding hydrogens is 414 g/mol. The Balaban J connectivity index is 2.11. The van der Waals surface area contributed by atoms with Crippen molar-refractivity contribution in [3.8, 4) is 0 Å². The SMILES string of the molecule is Cc1ccc(S(=O)(=O)C[C@H]2[C@H](C)O[C@](O)(c3cccn3C)[C@@]2(F)C(F)(F)F)cc1. The summed E-state index contributed by atoms with van der Waals surface area (Å²) in [6, 6.07) is 7.92. The molecule has 1 aliphatic heterocycles. The maximum Gasteiger partial charge on any atom is 0.428 e. The molecule has 3 rings (SSSR count). The molecule has 0 bridgehead atoms. The lowest BCUT2D eigenvalue weighted by Gasteiger charge is -2.38. The van der Waals surface area contributed by atoms with Gasteiger partial charge in [0, 0.05) is 19.2 Å². The second-order valence-electron chi connectivity index (χ2n) is 7.38. The Morgan fingerprint density at radius 2 is 1.79 bits per heavy atom. The van der Waals surface area contributed by atoms with Gasteiger partial charge in [-0.3, -0.25) is 0 Å². The molecule has 1 N–H and O–H groups in total. The molecule has 0 amide bonds. The number of hydrogen-bond acceptors (Lipinski definition) is 4. The zero-order chi connectivity index (χ0) is 21.8. The van der Waals surface area contributed by atoms with E-state index in [0.29, 0.717) is 0 Å². The van der Waals surface area contributed by atoms with Gasteiger partial charge < -0.3 is 14.4 Å².